The van der Waals surface area contributed by atoms with Crippen LogP contribution in [-0.2, 0) is 27.7 Å². The summed E-state index contributed by atoms with van der Waals surface area (Å²) < 4.78 is 34.5. The van der Waals surface area contributed by atoms with Crippen LogP contribution in [0.15, 0.2) is 53.4 Å². The van der Waals surface area contributed by atoms with Crippen molar-refractivity contribution in [2.24, 2.45) is 0 Å². The number of nitrogens with zero attached hydrogens (tertiary/aromatic N) is 4. The number of rotatable bonds is 4. The summed E-state index contributed by atoms with van der Waals surface area (Å²) in [6, 6.07) is 14.3. The minimum atomic E-state index is -3.87. The SMILES string of the molecule is CC1CN(c2nc(-c3ccccc3)nc3c2CN(S(=O)(=O)c2cc(Cl)ccc2Cl)CC3)CC(C)O1. The van der Waals surface area contributed by atoms with E-state index < -0.39 is 10.0 Å². The lowest BCUT2D eigenvalue weighted by Crippen LogP contribution is -2.47. The van der Waals surface area contributed by atoms with Gasteiger partial charge in [0, 0.05) is 48.7 Å². The number of morpholine rings is 1. The molecule has 2 atom stereocenters. The van der Waals surface area contributed by atoms with Gasteiger partial charge in [0.15, 0.2) is 5.82 Å². The lowest BCUT2D eigenvalue weighted by atomic mass is 10.1. The largest absolute Gasteiger partial charge is 0.372 e. The molecule has 10 heteroatoms. The minimum absolute atomic E-state index is 0.00658. The Hall–Kier alpha value is -2.23. The second-order valence-corrected chi connectivity index (χ2v) is 11.7. The highest BCUT2D eigenvalue weighted by Crippen LogP contribution is 2.35. The quantitative estimate of drug-likeness (QED) is 0.479. The van der Waals surface area contributed by atoms with Crippen LogP contribution in [0.4, 0.5) is 5.82 Å². The Morgan fingerprint density at radius 3 is 2.43 bits per heavy atom. The van der Waals surface area contributed by atoms with Crippen LogP contribution in [0.1, 0.15) is 25.1 Å². The molecule has 0 amide bonds. The molecule has 0 aliphatic carbocycles. The first kappa shape index (κ1) is 24.5. The lowest BCUT2D eigenvalue weighted by molar-refractivity contribution is -0.00555. The third kappa shape index (κ3) is 4.90. The minimum Gasteiger partial charge on any atom is -0.372 e. The van der Waals surface area contributed by atoms with Crippen molar-refractivity contribution in [1.29, 1.82) is 0 Å². The van der Waals surface area contributed by atoms with Crippen molar-refractivity contribution in [2.75, 3.05) is 24.5 Å². The number of benzene rings is 2. The fourth-order valence-corrected chi connectivity index (χ4v) is 6.87. The topological polar surface area (TPSA) is 75.6 Å². The molecule has 0 radical (unpaired) electrons. The fourth-order valence-electron chi connectivity index (χ4n) is 4.72. The average molecular weight is 533 g/mol. The molecule has 1 fully saturated rings. The van der Waals surface area contributed by atoms with Crippen molar-refractivity contribution >= 4 is 39.0 Å². The number of sulfonamides is 1. The van der Waals surface area contributed by atoms with Crippen molar-refractivity contribution < 1.29 is 13.2 Å². The third-order valence-corrected chi connectivity index (χ3v) is 8.83. The maximum atomic E-state index is 13.6. The van der Waals surface area contributed by atoms with Gasteiger partial charge in [0.2, 0.25) is 10.0 Å². The molecule has 2 unspecified atom stereocenters. The predicted molar refractivity (Wildman–Crippen MR) is 137 cm³/mol. The molecule has 184 valence electrons. The summed E-state index contributed by atoms with van der Waals surface area (Å²) in [6.45, 7) is 5.84. The molecule has 0 N–H and O–H groups in total. The van der Waals surface area contributed by atoms with Gasteiger partial charge in [-0.05, 0) is 32.0 Å². The van der Waals surface area contributed by atoms with E-state index in [4.69, 9.17) is 37.9 Å². The molecule has 3 heterocycles. The van der Waals surface area contributed by atoms with Gasteiger partial charge in [-0.1, -0.05) is 53.5 Å². The molecule has 2 aliphatic heterocycles. The Kier molecular flexibility index (Phi) is 6.76. The van der Waals surface area contributed by atoms with Crippen molar-refractivity contribution in [3.8, 4) is 11.4 Å². The molecule has 2 aliphatic rings. The number of aromatic nitrogens is 2. The summed E-state index contributed by atoms with van der Waals surface area (Å²) in [4.78, 5) is 12.0. The Labute approximate surface area is 215 Å². The number of halogens is 2. The number of ether oxygens (including phenoxy) is 1. The molecule has 5 rings (SSSR count). The third-order valence-electron chi connectivity index (χ3n) is 6.27. The van der Waals surface area contributed by atoms with Crippen LogP contribution in [0, 0.1) is 0 Å². The van der Waals surface area contributed by atoms with Gasteiger partial charge < -0.3 is 9.64 Å². The van der Waals surface area contributed by atoms with Gasteiger partial charge >= 0.3 is 0 Å². The van der Waals surface area contributed by atoms with Crippen molar-refractivity contribution in [2.45, 2.75) is 43.9 Å². The summed E-state index contributed by atoms with van der Waals surface area (Å²) in [6.07, 6.45) is 0.522. The Bertz CT molecular complexity index is 1340. The molecule has 3 aromatic rings. The first-order valence-corrected chi connectivity index (χ1v) is 13.7. The molecular weight excluding hydrogens is 507 g/mol. The van der Waals surface area contributed by atoms with Crippen molar-refractivity contribution in [1.82, 2.24) is 14.3 Å². The fraction of sp³-hybridized carbons (Fsp3) is 0.360. The Morgan fingerprint density at radius 1 is 1.00 bits per heavy atom. The molecule has 7 nitrogen and oxygen atoms in total. The van der Waals surface area contributed by atoms with Crippen LogP contribution in [0.2, 0.25) is 10.0 Å². The summed E-state index contributed by atoms with van der Waals surface area (Å²) in [5, 5.41) is 0.463. The van der Waals surface area contributed by atoms with E-state index in [1.54, 1.807) is 6.07 Å². The van der Waals surface area contributed by atoms with E-state index in [1.807, 2.05) is 44.2 Å². The molecule has 1 aromatic heterocycles. The maximum Gasteiger partial charge on any atom is 0.244 e. The van der Waals surface area contributed by atoms with E-state index >= 15 is 0 Å². The van der Waals surface area contributed by atoms with Crippen LogP contribution in [-0.4, -0.2) is 54.5 Å². The zero-order valence-corrected chi connectivity index (χ0v) is 21.8. The predicted octanol–water partition coefficient (Wildman–Crippen LogP) is 4.81. The monoisotopic (exact) mass is 532 g/mol. The maximum absolute atomic E-state index is 13.6. The summed E-state index contributed by atoms with van der Waals surface area (Å²) in [7, 11) is -3.87. The lowest BCUT2D eigenvalue weighted by Gasteiger charge is -2.38. The highest BCUT2D eigenvalue weighted by molar-refractivity contribution is 7.89. The molecule has 1 saturated heterocycles. The van der Waals surface area contributed by atoms with Gasteiger partial charge in [-0.3, -0.25) is 0 Å². The summed E-state index contributed by atoms with van der Waals surface area (Å²) in [5.74, 6) is 1.40. The van der Waals surface area contributed by atoms with Crippen molar-refractivity contribution in [3.05, 3.63) is 69.8 Å². The Balaban J connectivity index is 1.58. The first-order chi connectivity index (χ1) is 16.7. The summed E-state index contributed by atoms with van der Waals surface area (Å²) >= 11 is 12.4. The second kappa shape index (κ2) is 9.67. The molecule has 35 heavy (non-hydrogen) atoms. The van der Waals surface area contributed by atoms with E-state index in [2.05, 4.69) is 4.90 Å². The number of anilines is 1. The van der Waals surface area contributed by atoms with Crippen LogP contribution < -0.4 is 4.90 Å². The second-order valence-electron chi connectivity index (χ2n) is 8.99. The molecular formula is C25H26Cl2N4O3S. The van der Waals surface area contributed by atoms with Gasteiger partial charge in [0.25, 0.3) is 0 Å². The number of hydrogen-bond acceptors (Lipinski definition) is 6. The number of hydrogen-bond donors (Lipinski definition) is 0. The van der Waals surface area contributed by atoms with Gasteiger partial charge in [0.1, 0.15) is 10.7 Å². The highest BCUT2D eigenvalue weighted by Gasteiger charge is 2.35. The van der Waals surface area contributed by atoms with Gasteiger partial charge in [0.05, 0.1) is 22.9 Å². The van der Waals surface area contributed by atoms with Crippen LogP contribution in [0.25, 0.3) is 11.4 Å². The van der Waals surface area contributed by atoms with Crippen LogP contribution in [0.5, 0.6) is 0 Å². The smallest absolute Gasteiger partial charge is 0.244 e. The zero-order valence-electron chi connectivity index (χ0n) is 19.5. The molecule has 2 aromatic carbocycles. The molecule has 0 saturated carbocycles. The van der Waals surface area contributed by atoms with Gasteiger partial charge in [-0.25, -0.2) is 18.4 Å². The Morgan fingerprint density at radius 2 is 1.71 bits per heavy atom. The van der Waals surface area contributed by atoms with Crippen molar-refractivity contribution in [3.63, 3.8) is 0 Å². The van der Waals surface area contributed by atoms with E-state index in [-0.39, 0.29) is 28.7 Å². The molecule has 0 spiro atoms. The van der Waals surface area contributed by atoms with E-state index in [1.165, 1.54) is 16.4 Å². The normalized spacial score (nSPS) is 21.1. The van der Waals surface area contributed by atoms with E-state index in [0.717, 1.165) is 22.6 Å². The van der Waals surface area contributed by atoms with Gasteiger partial charge in [-0.15, -0.1) is 0 Å². The van der Waals surface area contributed by atoms with Gasteiger partial charge in [-0.2, -0.15) is 4.31 Å². The summed E-state index contributed by atoms with van der Waals surface area (Å²) in [5.41, 5.74) is 2.61. The zero-order chi connectivity index (χ0) is 24.7. The number of fused-ring (bicyclic) bond motifs is 1. The standard InChI is InChI=1S/C25H26Cl2N4O3S/c1-16-13-30(14-17(2)34-16)25-20-15-31(35(32,33)23-12-19(26)8-9-21(23)27)11-10-22(20)28-24(29-25)18-6-4-3-5-7-18/h3-9,12,16-17H,10-11,13-15H2,1-2H3. The van der Waals surface area contributed by atoms with Crippen LogP contribution >= 0.6 is 23.2 Å². The van der Waals surface area contributed by atoms with E-state index in [0.29, 0.717) is 36.9 Å². The highest BCUT2D eigenvalue weighted by atomic mass is 35.5. The first-order valence-electron chi connectivity index (χ1n) is 11.5. The van der Waals surface area contributed by atoms with Crippen LogP contribution in [0.3, 0.4) is 0 Å². The molecule has 0 bridgehead atoms. The van der Waals surface area contributed by atoms with E-state index in [9.17, 15) is 8.42 Å². The average Bonchev–Trinajstić information content (AvgIpc) is 2.84.